The van der Waals surface area contributed by atoms with Crippen LogP contribution in [0.25, 0.3) is 11.0 Å². The first-order chi connectivity index (χ1) is 15.4. The summed E-state index contributed by atoms with van der Waals surface area (Å²) in [6, 6.07) is 0.213. The van der Waals surface area contributed by atoms with Gasteiger partial charge in [-0.1, -0.05) is 12.8 Å². The van der Waals surface area contributed by atoms with Crippen LogP contribution in [0, 0.1) is 0 Å². The van der Waals surface area contributed by atoms with E-state index in [0.29, 0.717) is 11.2 Å². The number of aliphatic hydroxyl groups excluding tert-OH is 1. The van der Waals surface area contributed by atoms with Gasteiger partial charge in [-0.05, 0) is 24.4 Å². The molecule has 1 aliphatic carbocycles. The standard InChI is InChI=1S/C16H23ClFN5O8P2/c17-16-21-13(20-8-3-1-2-4-8)9-5-19-23(14(9)22-16)15-11(18)12(24)10(31-15)6-30-33(28,29)7-32(25,26)27/h5,8,10-12,15,24H,1-4,6-7H2,(H,28,29)(H,20,21,22)(H2,25,26,27)/t10-,11+,12-,15-/m1/s1. The van der Waals surface area contributed by atoms with E-state index in [0.717, 1.165) is 30.4 Å². The van der Waals surface area contributed by atoms with Crippen LogP contribution in [0.1, 0.15) is 31.9 Å². The van der Waals surface area contributed by atoms with E-state index >= 15 is 0 Å². The van der Waals surface area contributed by atoms with E-state index in [2.05, 4.69) is 24.9 Å². The van der Waals surface area contributed by atoms with Crippen molar-refractivity contribution < 1.29 is 42.6 Å². The van der Waals surface area contributed by atoms with Crippen LogP contribution < -0.4 is 5.32 Å². The maximum atomic E-state index is 14.9. The summed E-state index contributed by atoms with van der Waals surface area (Å²) in [6.07, 6.45) is -1.11. The summed E-state index contributed by atoms with van der Waals surface area (Å²) in [4.78, 5) is 35.6. The van der Waals surface area contributed by atoms with Crippen molar-refractivity contribution >= 4 is 43.6 Å². The van der Waals surface area contributed by atoms with Gasteiger partial charge in [0.15, 0.2) is 23.9 Å². The van der Waals surface area contributed by atoms with Gasteiger partial charge in [-0.15, -0.1) is 0 Å². The van der Waals surface area contributed by atoms with Crippen LogP contribution in [0.2, 0.25) is 5.28 Å². The minimum atomic E-state index is -4.84. The summed E-state index contributed by atoms with van der Waals surface area (Å²) in [5.41, 5.74) is 0.159. The van der Waals surface area contributed by atoms with Crippen LogP contribution in [0.4, 0.5) is 10.2 Å². The third-order valence-corrected chi connectivity index (χ3v) is 9.09. The molecule has 3 heterocycles. The molecule has 0 aromatic carbocycles. The molecule has 1 saturated carbocycles. The van der Waals surface area contributed by atoms with Crippen molar-refractivity contribution in [1.82, 2.24) is 19.7 Å². The van der Waals surface area contributed by atoms with Gasteiger partial charge in [0, 0.05) is 6.04 Å². The second-order valence-electron chi connectivity index (χ2n) is 8.03. The van der Waals surface area contributed by atoms with Crippen molar-refractivity contribution in [1.29, 1.82) is 0 Å². The van der Waals surface area contributed by atoms with E-state index in [4.69, 9.17) is 26.1 Å². The highest BCUT2D eigenvalue weighted by Crippen LogP contribution is 2.55. The highest BCUT2D eigenvalue weighted by molar-refractivity contribution is 7.70. The van der Waals surface area contributed by atoms with E-state index in [9.17, 15) is 23.5 Å². The number of fused-ring (bicyclic) bond motifs is 1. The Hall–Kier alpha value is -1.21. The summed E-state index contributed by atoms with van der Waals surface area (Å²) < 4.78 is 48.9. The average molecular weight is 530 g/mol. The molecule has 0 spiro atoms. The monoisotopic (exact) mass is 529 g/mol. The Bertz CT molecular complexity index is 1110. The molecule has 0 bridgehead atoms. The number of hydrogen-bond donors (Lipinski definition) is 5. The number of aliphatic hydroxyl groups is 1. The molecule has 2 aliphatic rings. The zero-order valence-corrected chi connectivity index (χ0v) is 19.6. The Morgan fingerprint density at radius 2 is 1.97 bits per heavy atom. The summed E-state index contributed by atoms with van der Waals surface area (Å²) in [6.45, 7) is -0.782. The number of halogens is 2. The molecule has 1 aliphatic heterocycles. The molecule has 17 heteroatoms. The quantitative estimate of drug-likeness (QED) is 0.246. The number of hydrogen-bond acceptors (Lipinski definition) is 9. The fourth-order valence-corrected chi connectivity index (χ4v) is 6.69. The molecule has 2 aromatic rings. The second-order valence-corrected chi connectivity index (χ2v) is 12.4. The van der Waals surface area contributed by atoms with Gasteiger partial charge in [0.1, 0.15) is 18.0 Å². The van der Waals surface area contributed by atoms with Crippen molar-refractivity contribution in [3.05, 3.63) is 11.5 Å². The molecule has 2 aromatic heterocycles. The van der Waals surface area contributed by atoms with Gasteiger partial charge >= 0.3 is 15.2 Å². The summed E-state index contributed by atoms with van der Waals surface area (Å²) in [5.74, 6) is -0.975. The highest BCUT2D eigenvalue weighted by atomic mass is 35.5. The second kappa shape index (κ2) is 9.44. The molecular weight excluding hydrogens is 507 g/mol. The first-order valence-electron chi connectivity index (χ1n) is 10.1. The van der Waals surface area contributed by atoms with Gasteiger partial charge in [0.2, 0.25) is 5.28 Å². The van der Waals surface area contributed by atoms with Gasteiger partial charge < -0.3 is 34.4 Å². The van der Waals surface area contributed by atoms with E-state index in [1.54, 1.807) is 0 Å². The lowest BCUT2D eigenvalue weighted by atomic mass is 10.1. The van der Waals surface area contributed by atoms with Crippen LogP contribution in [0.3, 0.4) is 0 Å². The molecule has 33 heavy (non-hydrogen) atoms. The molecule has 5 atom stereocenters. The van der Waals surface area contributed by atoms with Gasteiger partial charge in [0.25, 0.3) is 0 Å². The predicted octanol–water partition coefficient (Wildman–Crippen LogP) is 1.77. The smallest absolute Gasteiger partial charge is 0.340 e. The van der Waals surface area contributed by atoms with Gasteiger partial charge in [-0.2, -0.15) is 15.1 Å². The molecule has 1 unspecified atom stereocenters. The van der Waals surface area contributed by atoms with Crippen LogP contribution in [0.15, 0.2) is 6.20 Å². The Kier molecular flexibility index (Phi) is 7.13. The van der Waals surface area contributed by atoms with Crippen molar-refractivity contribution in [2.24, 2.45) is 0 Å². The largest absolute Gasteiger partial charge is 0.387 e. The van der Waals surface area contributed by atoms with E-state index < -0.39 is 52.3 Å². The fourth-order valence-electron chi connectivity index (χ4n) is 3.96. The lowest BCUT2D eigenvalue weighted by Gasteiger charge is -2.18. The van der Waals surface area contributed by atoms with Crippen LogP contribution in [-0.4, -0.2) is 76.5 Å². The Labute approximate surface area is 192 Å². The summed E-state index contributed by atoms with van der Waals surface area (Å²) >= 11 is 6.06. The van der Waals surface area contributed by atoms with Gasteiger partial charge in [-0.25, -0.2) is 9.07 Å². The number of nitrogens with zero attached hydrogens (tertiary/aromatic N) is 4. The molecule has 184 valence electrons. The van der Waals surface area contributed by atoms with Crippen molar-refractivity contribution in [3.8, 4) is 0 Å². The predicted molar refractivity (Wildman–Crippen MR) is 114 cm³/mol. The summed E-state index contributed by atoms with van der Waals surface area (Å²) in [5, 5.41) is 18.0. The number of ether oxygens (including phenoxy) is 1. The molecule has 4 rings (SSSR count). The van der Waals surface area contributed by atoms with Gasteiger partial charge in [0.05, 0.1) is 18.2 Å². The fraction of sp³-hybridized carbons (Fsp3) is 0.688. The highest BCUT2D eigenvalue weighted by Gasteiger charge is 2.47. The third-order valence-electron chi connectivity index (χ3n) is 5.46. The lowest BCUT2D eigenvalue weighted by Crippen LogP contribution is -2.31. The first kappa shape index (κ1) is 24.9. The molecule has 0 amide bonds. The van der Waals surface area contributed by atoms with Crippen molar-refractivity contribution in [2.45, 2.75) is 56.3 Å². The topological polar surface area (TPSA) is 189 Å². The Balaban J connectivity index is 1.53. The zero-order chi connectivity index (χ0) is 24.0. The molecule has 2 fully saturated rings. The number of rotatable bonds is 8. The third kappa shape index (κ3) is 5.72. The van der Waals surface area contributed by atoms with Crippen LogP contribution in [-0.2, 0) is 18.4 Å². The zero-order valence-electron chi connectivity index (χ0n) is 17.1. The van der Waals surface area contributed by atoms with Crippen molar-refractivity contribution in [3.63, 3.8) is 0 Å². The van der Waals surface area contributed by atoms with Crippen LogP contribution in [0.5, 0.6) is 0 Å². The van der Waals surface area contributed by atoms with Crippen molar-refractivity contribution in [2.75, 3.05) is 17.8 Å². The minimum absolute atomic E-state index is 0.0998. The maximum Gasteiger partial charge on any atom is 0.340 e. The summed E-state index contributed by atoms with van der Waals surface area (Å²) in [7, 11) is -9.54. The van der Waals surface area contributed by atoms with Gasteiger partial charge in [-0.3, -0.25) is 9.13 Å². The molecule has 0 radical (unpaired) electrons. The number of alkyl halides is 1. The van der Waals surface area contributed by atoms with E-state index in [1.807, 2.05) is 0 Å². The van der Waals surface area contributed by atoms with Crippen LogP contribution >= 0.6 is 26.8 Å². The normalized spacial score (nSPS) is 28.4. The number of aromatic nitrogens is 4. The maximum absolute atomic E-state index is 14.9. The average Bonchev–Trinajstić information content (AvgIpc) is 3.40. The van der Waals surface area contributed by atoms with E-state index in [-0.39, 0.29) is 17.0 Å². The SMILES string of the molecule is O=P(O)(O)CP(=O)(O)OC[C@H]1O[C@@H](n2ncc3c(NC4CCCC4)nc(Cl)nc32)[C@@H](F)[C@@H]1O. The molecular formula is C16H23ClFN5O8P2. The lowest BCUT2D eigenvalue weighted by molar-refractivity contribution is -0.0472. The molecule has 13 nitrogen and oxygen atoms in total. The van der Waals surface area contributed by atoms with E-state index in [1.165, 1.54) is 6.20 Å². The number of anilines is 1. The molecule has 5 N–H and O–H groups in total. The first-order valence-corrected chi connectivity index (χ1v) is 14.0. The Morgan fingerprint density at radius 1 is 1.27 bits per heavy atom. The Morgan fingerprint density at radius 3 is 2.64 bits per heavy atom. The number of nitrogens with one attached hydrogen (secondary N) is 1. The molecule has 1 saturated heterocycles. The minimum Gasteiger partial charge on any atom is -0.387 e.